The van der Waals surface area contributed by atoms with Gasteiger partial charge >= 0.3 is 0 Å². The number of halogens is 3. The number of hydrogen-bond donors (Lipinski definition) is 1. The molecule has 0 amide bonds. The molecule has 0 aliphatic rings. The van der Waals surface area contributed by atoms with Crippen LogP contribution in [0.2, 0.25) is 5.02 Å². The molecule has 0 aliphatic heterocycles. The van der Waals surface area contributed by atoms with Crippen molar-refractivity contribution >= 4 is 33.4 Å². The summed E-state index contributed by atoms with van der Waals surface area (Å²) in [4.78, 5) is 0.000971. The lowest BCUT2D eigenvalue weighted by Crippen LogP contribution is -2.26. The quantitative estimate of drug-likeness (QED) is 0.746. The molecule has 1 N–H and O–H groups in total. The second kappa shape index (κ2) is 8.10. The molecule has 3 nitrogen and oxygen atoms in total. The fourth-order valence-electron chi connectivity index (χ4n) is 1.79. The second-order valence-corrected chi connectivity index (χ2v) is 7.88. The third-order valence-corrected chi connectivity index (χ3v) is 5.79. The molecule has 0 radical (unpaired) electrons. The van der Waals surface area contributed by atoms with Gasteiger partial charge in [-0.05, 0) is 36.4 Å². The molecular weight excluding hydrogens is 364 g/mol. The first-order chi connectivity index (χ1) is 10.9. The molecule has 0 atom stereocenters. The summed E-state index contributed by atoms with van der Waals surface area (Å²) in [5, 5.41) is 0.351. The molecule has 0 unspecified atom stereocenters. The highest BCUT2D eigenvalue weighted by atomic mass is 35.5. The van der Waals surface area contributed by atoms with Crippen LogP contribution in [0.3, 0.4) is 0 Å². The van der Waals surface area contributed by atoms with E-state index in [9.17, 15) is 17.2 Å². The van der Waals surface area contributed by atoms with Gasteiger partial charge in [0.15, 0.2) is 0 Å². The summed E-state index contributed by atoms with van der Waals surface area (Å²) >= 11 is 7.27. The molecule has 2 aromatic rings. The zero-order valence-corrected chi connectivity index (χ0v) is 14.3. The summed E-state index contributed by atoms with van der Waals surface area (Å²) in [5.41, 5.74) is 0.403. The van der Waals surface area contributed by atoms with Crippen molar-refractivity contribution in [1.29, 1.82) is 0 Å². The van der Waals surface area contributed by atoms with E-state index in [1.54, 1.807) is 6.07 Å². The second-order valence-electron chi connectivity index (χ2n) is 4.60. The third kappa shape index (κ3) is 5.17. The van der Waals surface area contributed by atoms with Gasteiger partial charge in [0.25, 0.3) is 0 Å². The minimum atomic E-state index is -3.67. The van der Waals surface area contributed by atoms with Crippen molar-refractivity contribution in [3.05, 3.63) is 64.7 Å². The lowest BCUT2D eigenvalue weighted by molar-refractivity contribution is 0.583. The van der Waals surface area contributed by atoms with Crippen molar-refractivity contribution in [2.45, 2.75) is 10.6 Å². The Morgan fingerprint density at radius 3 is 2.43 bits per heavy atom. The number of sulfonamides is 1. The summed E-state index contributed by atoms with van der Waals surface area (Å²) in [6.45, 7) is 0.177. The zero-order valence-electron chi connectivity index (χ0n) is 11.9. The van der Waals surface area contributed by atoms with E-state index in [1.807, 2.05) is 0 Å². The van der Waals surface area contributed by atoms with E-state index in [4.69, 9.17) is 11.6 Å². The molecule has 0 heterocycles. The maximum Gasteiger partial charge on any atom is 0.240 e. The Balaban J connectivity index is 1.82. The van der Waals surface area contributed by atoms with Crippen molar-refractivity contribution in [3.8, 4) is 0 Å². The molecule has 8 heteroatoms. The van der Waals surface area contributed by atoms with Crippen LogP contribution in [0.15, 0.2) is 47.4 Å². The van der Waals surface area contributed by atoms with Crippen LogP contribution in [0.4, 0.5) is 8.78 Å². The molecule has 23 heavy (non-hydrogen) atoms. The Hall–Kier alpha value is -1.15. The standard InChI is InChI=1S/C15H14ClF2NO2S2/c16-14-2-1-3-15(18)13(14)10-22-9-8-19-23(20,21)12-6-4-11(17)5-7-12/h1-7,19H,8-10H2. The smallest absolute Gasteiger partial charge is 0.210 e. The van der Waals surface area contributed by atoms with Crippen molar-refractivity contribution in [1.82, 2.24) is 4.72 Å². The Morgan fingerprint density at radius 2 is 1.78 bits per heavy atom. The van der Waals surface area contributed by atoms with E-state index in [1.165, 1.54) is 36.0 Å². The van der Waals surface area contributed by atoms with Crippen LogP contribution in [-0.2, 0) is 15.8 Å². The molecule has 0 saturated heterocycles. The molecule has 124 valence electrons. The highest BCUT2D eigenvalue weighted by Crippen LogP contribution is 2.23. The number of hydrogen-bond acceptors (Lipinski definition) is 3. The predicted octanol–water partition coefficient (Wildman–Crippen LogP) is 3.83. The van der Waals surface area contributed by atoms with Crippen molar-refractivity contribution < 1.29 is 17.2 Å². The van der Waals surface area contributed by atoms with Crippen LogP contribution < -0.4 is 4.72 Å². The first-order valence-corrected chi connectivity index (χ1v) is 9.67. The summed E-state index contributed by atoms with van der Waals surface area (Å²) in [7, 11) is -3.67. The summed E-state index contributed by atoms with van der Waals surface area (Å²) in [5.74, 6) is -0.0762. The summed E-state index contributed by atoms with van der Waals surface area (Å²) in [6, 6.07) is 9.04. The Morgan fingerprint density at radius 1 is 1.09 bits per heavy atom. The van der Waals surface area contributed by atoms with Crippen LogP contribution in [0.5, 0.6) is 0 Å². The summed E-state index contributed by atoms with van der Waals surface area (Å²) in [6.07, 6.45) is 0. The fourth-order valence-corrected chi connectivity index (χ4v) is 4.15. The molecule has 0 aromatic heterocycles. The fraction of sp³-hybridized carbons (Fsp3) is 0.200. The number of thioether (sulfide) groups is 1. The van der Waals surface area contributed by atoms with E-state index in [2.05, 4.69) is 4.72 Å². The SMILES string of the molecule is O=S(=O)(NCCSCc1c(F)cccc1Cl)c1ccc(F)cc1. The Bertz CT molecular complexity index is 747. The maximum absolute atomic E-state index is 13.6. The molecule has 0 spiro atoms. The van der Waals surface area contributed by atoms with Gasteiger partial charge in [-0.15, -0.1) is 0 Å². The molecule has 0 bridgehead atoms. The normalized spacial score (nSPS) is 11.6. The summed E-state index contributed by atoms with van der Waals surface area (Å²) < 4.78 is 52.7. The molecule has 2 aromatic carbocycles. The van der Waals surface area contributed by atoms with Crippen molar-refractivity contribution in [2.75, 3.05) is 12.3 Å². The van der Waals surface area contributed by atoms with Crippen LogP contribution in [0, 0.1) is 11.6 Å². The van der Waals surface area contributed by atoms with Gasteiger partial charge in [0.2, 0.25) is 10.0 Å². The van der Waals surface area contributed by atoms with Gasteiger partial charge in [-0.1, -0.05) is 17.7 Å². The highest BCUT2D eigenvalue weighted by molar-refractivity contribution is 7.98. The van der Waals surface area contributed by atoms with E-state index in [0.717, 1.165) is 12.1 Å². The average Bonchev–Trinajstić information content (AvgIpc) is 2.50. The Labute approximate surface area is 143 Å². The maximum atomic E-state index is 13.6. The van der Waals surface area contributed by atoms with E-state index in [0.29, 0.717) is 22.1 Å². The third-order valence-electron chi connectivity index (χ3n) is 2.97. The van der Waals surface area contributed by atoms with E-state index in [-0.39, 0.29) is 17.3 Å². The van der Waals surface area contributed by atoms with Gasteiger partial charge in [0.1, 0.15) is 11.6 Å². The van der Waals surface area contributed by atoms with E-state index < -0.39 is 15.8 Å². The topological polar surface area (TPSA) is 46.2 Å². The average molecular weight is 378 g/mol. The first-order valence-electron chi connectivity index (χ1n) is 6.66. The minimum Gasteiger partial charge on any atom is -0.210 e. The Kier molecular flexibility index (Phi) is 6.41. The molecule has 0 saturated carbocycles. The lowest BCUT2D eigenvalue weighted by atomic mass is 10.2. The van der Waals surface area contributed by atoms with Gasteiger partial charge in [0.05, 0.1) is 4.90 Å². The highest BCUT2D eigenvalue weighted by Gasteiger charge is 2.13. The number of benzene rings is 2. The zero-order chi connectivity index (χ0) is 16.9. The van der Waals surface area contributed by atoms with Crippen LogP contribution >= 0.6 is 23.4 Å². The van der Waals surface area contributed by atoms with Crippen molar-refractivity contribution in [2.24, 2.45) is 0 Å². The molecular formula is C15H14ClF2NO2S2. The van der Waals surface area contributed by atoms with Gasteiger partial charge < -0.3 is 0 Å². The lowest BCUT2D eigenvalue weighted by Gasteiger charge is -2.08. The van der Waals surface area contributed by atoms with Crippen molar-refractivity contribution in [3.63, 3.8) is 0 Å². The van der Waals surface area contributed by atoms with Crippen LogP contribution in [-0.4, -0.2) is 20.7 Å². The molecule has 0 fully saturated rings. The molecule has 2 rings (SSSR count). The van der Waals surface area contributed by atoms with Gasteiger partial charge in [-0.2, -0.15) is 11.8 Å². The monoisotopic (exact) mass is 377 g/mol. The van der Waals surface area contributed by atoms with Gasteiger partial charge in [0, 0.05) is 28.6 Å². The molecule has 0 aliphatic carbocycles. The minimum absolute atomic E-state index is 0.000971. The number of rotatable bonds is 7. The van der Waals surface area contributed by atoms with Crippen LogP contribution in [0.1, 0.15) is 5.56 Å². The van der Waals surface area contributed by atoms with E-state index >= 15 is 0 Å². The first kappa shape index (κ1) is 18.2. The van der Waals surface area contributed by atoms with Crippen LogP contribution in [0.25, 0.3) is 0 Å². The number of nitrogens with one attached hydrogen (secondary N) is 1. The largest absolute Gasteiger partial charge is 0.240 e. The van der Waals surface area contributed by atoms with Gasteiger partial charge in [-0.25, -0.2) is 21.9 Å². The predicted molar refractivity (Wildman–Crippen MR) is 89.2 cm³/mol. The van der Waals surface area contributed by atoms with Gasteiger partial charge in [-0.3, -0.25) is 0 Å².